The van der Waals surface area contributed by atoms with Crippen LogP contribution in [0, 0.1) is 6.92 Å². The monoisotopic (exact) mass is 439 g/mol. The van der Waals surface area contributed by atoms with E-state index < -0.39 is 0 Å². The largest absolute Gasteiger partial charge is 0.495 e. The van der Waals surface area contributed by atoms with Crippen LogP contribution in [0.2, 0.25) is 0 Å². The first kappa shape index (κ1) is 18.6. The van der Waals surface area contributed by atoms with Gasteiger partial charge in [-0.05, 0) is 43.3 Å². The van der Waals surface area contributed by atoms with Gasteiger partial charge in [0.2, 0.25) is 0 Å². The first-order valence-corrected chi connectivity index (χ1v) is 10.8. The quantitative estimate of drug-likeness (QED) is 0.400. The molecule has 0 aromatic carbocycles. The number of fused-ring (bicyclic) bond motifs is 2. The number of H-pyrrole nitrogens is 2. The number of nitrogens with one attached hydrogen (secondary N) is 2. The van der Waals surface area contributed by atoms with Crippen molar-refractivity contribution in [1.29, 1.82) is 0 Å². The van der Waals surface area contributed by atoms with Crippen molar-refractivity contribution in [2.75, 3.05) is 7.11 Å². The normalized spacial score (nSPS) is 11.4. The van der Waals surface area contributed by atoms with Crippen molar-refractivity contribution in [3.63, 3.8) is 0 Å². The summed E-state index contributed by atoms with van der Waals surface area (Å²) >= 11 is 1.70. The SMILES string of the molecule is COc1cncc(-c2ccc3[nH]nc(-c4nc5c(-c6ccc(C)s6)nccc5[nH]4)c3n2)c1. The van der Waals surface area contributed by atoms with E-state index in [0.29, 0.717) is 17.3 Å². The maximum atomic E-state index is 5.30. The Balaban J connectivity index is 1.49. The molecule has 9 heteroatoms. The van der Waals surface area contributed by atoms with Crippen molar-refractivity contribution in [3.05, 3.63) is 59.9 Å². The van der Waals surface area contributed by atoms with E-state index in [1.54, 1.807) is 37.0 Å². The standard InChI is InChI=1S/C23H17N7OS/c1-12-3-6-18(32-12)21-19-16(7-8-25-21)27-23(28-19)22-20-17(29-30-22)5-4-15(26-20)13-9-14(31-2)11-24-10-13/h3-11H,1-2H3,(H,27,28)(H,29,30). The zero-order valence-electron chi connectivity index (χ0n) is 17.2. The van der Waals surface area contributed by atoms with Crippen molar-refractivity contribution in [1.82, 2.24) is 35.1 Å². The summed E-state index contributed by atoms with van der Waals surface area (Å²) in [6, 6.07) is 11.9. The summed E-state index contributed by atoms with van der Waals surface area (Å²) in [6.45, 7) is 2.08. The third kappa shape index (κ3) is 3.02. The number of aromatic nitrogens is 7. The average molecular weight is 440 g/mol. The molecule has 0 aliphatic heterocycles. The first-order valence-electron chi connectivity index (χ1n) is 9.96. The Morgan fingerprint density at radius 2 is 1.84 bits per heavy atom. The highest BCUT2D eigenvalue weighted by molar-refractivity contribution is 7.15. The van der Waals surface area contributed by atoms with E-state index in [9.17, 15) is 0 Å². The molecule has 0 spiro atoms. The van der Waals surface area contributed by atoms with Gasteiger partial charge >= 0.3 is 0 Å². The molecule has 0 fully saturated rings. The van der Waals surface area contributed by atoms with Gasteiger partial charge in [0.05, 0.1) is 34.9 Å². The lowest BCUT2D eigenvalue weighted by Gasteiger charge is -2.03. The van der Waals surface area contributed by atoms with Crippen molar-refractivity contribution >= 4 is 33.4 Å². The fourth-order valence-electron chi connectivity index (χ4n) is 3.68. The molecule has 2 N–H and O–H groups in total. The maximum Gasteiger partial charge on any atom is 0.161 e. The highest BCUT2D eigenvalue weighted by Crippen LogP contribution is 2.33. The maximum absolute atomic E-state index is 5.30. The number of methoxy groups -OCH3 is 1. The van der Waals surface area contributed by atoms with E-state index >= 15 is 0 Å². The smallest absolute Gasteiger partial charge is 0.161 e. The van der Waals surface area contributed by atoms with Gasteiger partial charge in [0.15, 0.2) is 11.5 Å². The van der Waals surface area contributed by atoms with Crippen LogP contribution in [-0.4, -0.2) is 42.2 Å². The zero-order valence-corrected chi connectivity index (χ0v) is 18.1. The van der Waals surface area contributed by atoms with Gasteiger partial charge in [-0.25, -0.2) is 9.97 Å². The topological polar surface area (TPSA) is 105 Å². The van der Waals surface area contributed by atoms with Crippen LogP contribution in [0.25, 0.3) is 55.4 Å². The molecule has 156 valence electrons. The molecule has 0 amide bonds. The number of aromatic amines is 2. The van der Waals surface area contributed by atoms with E-state index in [0.717, 1.165) is 43.9 Å². The number of imidazole rings is 1. The van der Waals surface area contributed by atoms with Crippen LogP contribution in [0.3, 0.4) is 0 Å². The molecule has 0 atom stereocenters. The number of pyridine rings is 3. The molecule has 0 aliphatic carbocycles. The third-order valence-electron chi connectivity index (χ3n) is 5.25. The molecule has 0 radical (unpaired) electrons. The van der Waals surface area contributed by atoms with Crippen molar-refractivity contribution < 1.29 is 4.74 Å². The molecule has 6 heterocycles. The van der Waals surface area contributed by atoms with Gasteiger partial charge in [0.1, 0.15) is 22.5 Å². The molecular weight excluding hydrogens is 422 g/mol. The summed E-state index contributed by atoms with van der Waals surface area (Å²) in [5.74, 6) is 1.32. The minimum Gasteiger partial charge on any atom is -0.495 e. The lowest BCUT2D eigenvalue weighted by atomic mass is 10.1. The summed E-state index contributed by atoms with van der Waals surface area (Å²) in [5.41, 5.74) is 6.43. The molecule has 0 saturated heterocycles. The second-order valence-electron chi connectivity index (χ2n) is 7.33. The predicted molar refractivity (Wildman–Crippen MR) is 125 cm³/mol. The molecule has 6 aromatic heterocycles. The van der Waals surface area contributed by atoms with Crippen LogP contribution in [0.1, 0.15) is 4.88 Å². The van der Waals surface area contributed by atoms with Gasteiger partial charge in [0.25, 0.3) is 0 Å². The summed E-state index contributed by atoms with van der Waals surface area (Å²) in [7, 11) is 1.62. The molecule has 8 nitrogen and oxygen atoms in total. The molecule has 6 rings (SSSR count). The summed E-state index contributed by atoms with van der Waals surface area (Å²) < 4.78 is 5.30. The van der Waals surface area contributed by atoms with Crippen molar-refractivity contribution in [3.8, 4) is 39.1 Å². The molecule has 0 bridgehead atoms. The number of hydrogen-bond donors (Lipinski definition) is 2. The Bertz CT molecular complexity index is 1600. The Hall–Kier alpha value is -4.11. The zero-order chi connectivity index (χ0) is 21.7. The van der Waals surface area contributed by atoms with Crippen molar-refractivity contribution in [2.45, 2.75) is 6.92 Å². The van der Waals surface area contributed by atoms with Gasteiger partial charge in [0, 0.05) is 22.8 Å². The molecule has 0 aliphatic rings. The minimum absolute atomic E-state index is 0.641. The first-order chi connectivity index (χ1) is 15.7. The van der Waals surface area contributed by atoms with Crippen LogP contribution in [-0.2, 0) is 0 Å². The van der Waals surface area contributed by atoms with E-state index in [1.165, 1.54) is 4.88 Å². The summed E-state index contributed by atoms with van der Waals surface area (Å²) in [4.78, 5) is 24.2. The van der Waals surface area contributed by atoms with E-state index in [1.807, 2.05) is 24.3 Å². The fourth-order valence-corrected chi connectivity index (χ4v) is 4.55. The molecular formula is C23H17N7OS. The lowest BCUT2D eigenvalue weighted by molar-refractivity contribution is 0.413. The third-order valence-corrected chi connectivity index (χ3v) is 6.26. The van der Waals surface area contributed by atoms with Gasteiger partial charge < -0.3 is 9.72 Å². The number of thiophene rings is 1. The van der Waals surface area contributed by atoms with Crippen LogP contribution in [0.4, 0.5) is 0 Å². The predicted octanol–water partition coefficient (Wildman–Crippen LogP) is 5.00. The number of nitrogens with zero attached hydrogens (tertiary/aromatic N) is 5. The van der Waals surface area contributed by atoms with E-state index in [2.05, 4.69) is 44.2 Å². The van der Waals surface area contributed by atoms with Gasteiger partial charge in [-0.3, -0.25) is 15.1 Å². The van der Waals surface area contributed by atoms with Crippen LogP contribution >= 0.6 is 11.3 Å². The molecule has 32 heavy (non-hydrogen) atoms. The highest BCUT2D eigenvalue weighted by atomic mass is 32.1. The van der Waals surface area contributed by atoms with Crippen LogP contribution in [0.15, 0.2) is 55.0 Å². The van der Waals surface area contributed by atoms with E-state index in [-0.39, 0.29) is 0 Å². The van der Waals surface area contributed by atoms with Crippen molar-refractivity contribution in [2.24, 2.45) is 0 Å². The Kier molecular flexibility index (Phi) is 4.22. The summed E-state index contributed by atoms with van der Waals surface area (Å²) in [6.07, 6.45) is 5.22. The number of rotatable bonds is 4. The second-order valence-corrected chi connectivity index (χ2v) is 8.62. The number of aryl methyl sites for hydroxylation is 1. The van der Waals surface area contributed by atoms with E-state index in [4.69, 9.17) is 14.7 Å². The molecule has 0 unspecified atom stereocenters. The fraction of sp³-hybridized carbons (Fsp3) is 0.0870. The Labute approximate surface area is 186 Å². The minimum atomic E-state index is 0.641. The van der Waals surface area contributed by atoms with Crippen LogP contribution in [0.5, 0.6) is 5.75 Å². The number of ether oxygens (including phenoxy) is 1. The number of hydrogen-bond acceptors (Lipinski definition) is 7. The second kappa shape index (κ2) is 7.24. The van der Waals surface area contributed by atoms with Gasteiger partial charge in [-0.2, -0.15) is 5.10 Å². The van der Waals surface area contributed by atoms with Crippen LogP contribution < -0.4 is 4.74 Å². The molecule has 0 saturated carbocycles. The van der Waals surface area contributed by atoms with Gasteiger partial charge in [-0.15, -0.1) is 11.3 Å². The highest BCUT2D eigenvalue weighted by Gasteiger charge is 2.18. The Morgan fingerprint density at radius 1 is 0.938 bits per heavy atom. The molecule has 6 aromatic rings. The van der Waals surface area contributed by atoms with Gasteiger partial charge in [-0.1, -0.05) is 0 Å². The lowest BCUT2D eigenvalue weighted by Crippen LogP contribution is -1.89. The average Bonchev–Trinajstić information content (AvgIpc) is 3.55. The summed E-state index contributed by atoms with van der Waals surface area (Å²) in [5, 5.41) is 7.55. The Morgan fingerprint density at radius 3 is 2.69 bits per heavy atom.